The number of fused-ring (bicyclic) bond motifs is 1. The molecule has 1 aromatic carbocycles. The first-order chi connectivity index (χ1) is 11.1. The molecule has 2 heterocycles. The summed E-state index contributed by atoms with van der Waals surface area (Å²) in [5.74, 6) is -0.0686. The lowest BCUT2D eigenvalue weighted by Gasteiger charge is -2.16. The topological polar surface area (TPSA) is 37.6 Å². The number of nitrogens with zero attached hydrogens (tertiary/aromatic N) is 3. The van der Waals surface area contributed by atoms with Gasteiger partial charge in [-0.3, -0.25) is 4.79 Å². The molecule has 0 aliphatic rings. The van der Waals surface area contributed by atoms with Gasteiger partial charge in [0, 0.05) is 30.9 Å². The van der Waals surface area contributed by atoms with E-state index in [-0.39, 0.29) is 5.91 Å². The molecule has 23 heavy (non-hydrogen) atoms. The summed E-state index contributed by atoms with van der Waals surface area (Å²) < 4.78 is 1.89. The summed E-state index contributed by atoms with van der Waals surface area (Å²) in [5.41, 5.74) is 3.51. The number of amides is 1. The lowest BCUT2D eigenvalue weighted by atomic mass is 10.2. The highest BCUT2D eigenvalue weighted by Gasteiger charge is 2.16. The lowest BCUT2D eigenvalue weighted by molar-refractivity contribution is 0.0780. The molecule has 118 valence electrons. The van der Waals surface area contributed by atoms with Crippen LogP contribution in [0.4, 0.5) is 0 Å². The van der Waals surface area contributed by atoms with E-state index in [9.17, 15) is 4.79 Å². The zero-order valence-corrected chi connectivity index (χ0v) is 14.3. The summed E-state index contributed by atoms with van der Waals surface area (Å²) in [4.78, 5) is 19.9. The Bertz CT molecular complexity index is 856. The number of aromatic nitrogens is 2. The maximum Gasteiger partial charge on any atom is 0.274 e. The van der Waals surface area contributed by atoms with E-state index < -0.39 is 0 Å². The van der Waals surface area contributed by atoms with Crippen LogP contribution in [0.15, 0.2) is 53.7 Å². The van der Waals surface area contributed by atoms with E-state index in [0.717, 1.165) is 16.8 Å². The summed E-state index contributed by atoms with van der Waals surface area (Å²) in [6.07, 6.45) is 5.81. The standard InChI is InChI=1S/C18H19N3OS/c1-13-7-8-17-19-16(12-21(17)10-13)18(22)20(2)11-14-5-4-6-15(9-14)23-3/h4-10,12H,11H2,1-3H3. The van der Waals surface area contributed by atoms with Crippen LogP contribution in [0, 0.1) is 6.92 Å². The largest absolute Gasteiger partial charge is 0.336 e. The highest BCUT2D eigenvalue weighted by molar-refractivity contribution is 7.98. The van der Waals surface area contributed by atoms with Crippen LogP contribution >= 0.6 is 11.8 Å². The van der Waals surface area contributed by atoms with Crippen LogP contribution in [0.25, 0.3) is 5.65 Å². The summed E-state index contributed by atoms with van der Waals surface area (Å²) in [6, 6.07) is 12.2. The van der Waals surface area contributed by atoms with E-state index in [1.165, 1.54) is 4.90 Å². The Balaban J connectivity index is 1.80. The van der Waals surface area contributed by atoms with Crippen LogP contribution in [0.5, 0.6) is 0 Å². The van der Waals surface area contributed by atoms with Gasteiger partial charge in [0.05, 0.1) is 0 Å². The van der Waals surface area contributed by atoms with Gasteiger partial charge in [0.1, 0.15) is 11.3 Å². The molecule has 0 N–H and O–H groups in total. The van der Waals surface area contributed by atoms with Crippen LogP contribution in [-0.2, 0) is 6.54 Å². The first kappa shape index (κ1) is 15.6. The van der Waals surface area contributed by atoms with Crippen molar-refractivity contribution in [2.45, 2.75) is 18.4 Å². The van der Waals surface area contributed by atoms with Crippen molar-refractivity contribution in [2.24, 2.45) is 0 Å². The zero-order chi connectivity index (χ0) is 16.4. The van der Waals surface area contributed by atoms with Gasteiger partial charge < -0.3 is 9.30 Å². The third-order valence-electron chi connectivity index (χ3n) is 3.72. The van der Waals surface area contributed by atoms with Crippen molar-refractivity contribution < 1.29 is 4.79 Å². The Morgan fingerprint density at radius 2 is 2.09 bits per heavy atom. The van der Waals surface area contributed by atoms with Gasteiger partial charge in [-0.1, -0.05) is 18.2 Å². The monoisotopic (exact) mass is 325 g/mol. The average Bonchev–Trinajstić information content (AvgIpc) is 2.97. The van der Waals surface area contributed by atoms with Gasteiger partial charge in [0.2, 0.25) is 0 Å². The first-order valence-corrected chi connectivity index (χ1v) is 8.63. The number of thioether (sulfide) groups is 1. The van der Waals surface area contributed by atoms with Gasteiger partial charge in [-0.2, -0.15) is 0 Å². The number of pyridine rings is 1. The number of carbonyl (C=O) groups excluding carboxylic acids is 1. The highest BCUT2D eigenvalue weighted by atomic mass is 32.2. The fourth-order valence-electron chi connectivity index (χ4n) is 2.52. The molecule has 2 aromatic heterocycles. The van der Waals surface area contributed by atoms with Gasteiger partial charge in [0.15, 0.2) is 0 Å². The zero-order valence-electron chi connectivity index (χ0n) is 13.5. The second-order valence-electron chi connectivity index (χ2n) is 5.61. The molecule has 0 bridgehead atoms. The van der Waals surface area contributed by atoms with Crippen LogP contribution in [0.1, 0.15) is 21.6 Å². The molecule has 3 aromatic rings. The fourth-order valence-corrected chi connectivity index (χ4v) is 3.00. The molecule has 0 unspecified atom stereocenters. The molecule has 0 radical (unpaired) electrons. The van der Waals surface area contributed by atoms with E-state index in [1.807, 2.05) is 55.1 Å². The molecule has 0 fully saturated rings. The summed E-state index contributed by atoms with van der Waals surface area (Å²) in [6.45, 7) is 2.59. The van der Waals surface area contributed by atoms with Gasteiger partial charge >= 0.3 is 0 Å². The molecule has 0 saturated heterocycles. The molecule has 0 atom stereocenters. The SMILES string of the molecule is CSc1cccc(CN(C)C(=O)c2cn3cc(C)ccc3n2)c1. The molecule has 0 aliphatic heterocycles. The van der Waals surface area contributed by atoms with Gasteiger partial charge in [-0.05, 0) is 42.5 Å². The maximum atomic E-state index is 12.6. The second-order valence-corrected chi connectivity index (χ2v) is 6.49. The molecule has 0 aliphatic carbocycles. The van der Waals surface area contributed by atoms with Crippen molar-refractivity contribution in [3.05, 3.63) is 65.6 Å². The van der Waals surface area contributed by atoms with Gasteiger partial charge in [-0.15, -0.1) is 11.8 Å². The molecule has 0 spiro atoms. The summed E-state index contributed by atoms with van der Waals surface area (Å²) in [7, 11) is 1.81. The summed E-state index contributed by atoms with van der Waals surface area (Å²) >= 11 is 1.70. The number of rotatable bonds is 4. The van der Waals surface area contributed by atoms with Crippen molar-refractivity contribution in [1.29, 1.82) is 0 Å². The molecule has 1 amide bonds. The third-order valence-corrected chi connectivity index (χ3v) is 4.44. The quantitative estimate of drug-likeness (QED) is 0.687. The average molecular weight is 325 g/mol. The van der Waals surface area contributed by atoms with Crippen molar-refractivity contribution in [2.75, 3.05) is 13.3 Å². The Morgan fingerprint density at radius 3 is 2.87 bits per heavy atom. The van der Waals surface area contributed by atoms with Gasteiger partial charge in [-0.25, -0.2) is 4.98 Å². The molecule has 3 rings (SSSR count). The normalized spacial score (nSPS) is 10.9. The molecule has 0 saturated carbocycles. The van der Waals surface area contributed by atoms with Crippen LogP contribution < -0.4 is 0 Å². The van der Waals surface area contributed by atoms with E-state index in [2.05, 4.69) is 17.1 Å². The number of imidazole rings is 1. The van der Waals surface area contributed by atoms with Crippen molar-refractivity contribution in [3.8, 4) is 0 Å². The van der Waals surface area contributed by atoms with Crippen LogP contribution in [0.3, 0.4) is 0 Å². The van der Waals surface area contributed by atoms with Crippen molar-refractivity contribution in [1.82, 2.24) is 14.3 Å². The predicted molar refractivity (Wildman–Crippen MR) is 93.9 cm³/mol. The van der Waals surface area contributed by atoms with Crippen LogP contribution in [-0.4, -0.2) is 33.5 Å². The van der Waals surface area contributed by atoms with E-state index in [4.69, 9.17) is 0 Å². The molecular weight excluding hydrogens is 306 g/mol. The smallest absolute Gasteiger partial charge is 0.274 e. The molecule has 4 nitrogen and oxygen atoms in total. The van der Waals surface area contributed by atoms with Crippen LogP contribution in [0.2, 0.25) is 0 Å². The Morgan fingerprint density at radius 1 is 1.26 bits per heavy atom. The number of hydrogen-bond acceptors (Lipinski definition) is 3. The lowest BCUT2D eigenvalue weighted by Crippen LogP contribution is -2.26. The number of hydrogen-bond donors (Lipinski definition) is 0. The minimum Gasteiger partial charge on any atom is -0.336 e. The Hall–Kier alpha value is -2.27. The summed E-state index contributed by atoms with van der Waals surface area (Å²) in [5, 5.41) is 0. The van der Waals surface area contributed by atoms with Crippen molar-refractivity contribution >= 4 is 23.3 Å². The Kier molecular flexibility index (Phi) is 4.39. The first-order valence-electron chi connectivity index (χ1n) is 7.40. The number of carbonyl (C=O) groups is 1. The minimum atomic E-state index is -0.0686. The van der Waals surface area contributed by atoms with Gasteiger partial charge in [0.25, 0.3) is 5.91 Å². The van der Waals surface area contributed by atoms with Crippen molar-refractivity contribution in [3.63, 3.8) is 0 Å². The maximum absolute atomic E-state index is 12.6. The highest BCUT2D eigenvalue weighted by Crippen LogP contribution is 2.17. The van der Waals surface area contributed by atoms with E-state index in [1.54, 1.807) is 22.9 Å². The molecular formula is C18H19N3OS. The molecule has 5 heteroatoms. The fraction of sp³-hybridized carbons (Fsp3) is 0.222. The van der Waals surface area contributed by atoms with E-state index in [0.29, 0.717) is 12.2 Å². The third kappa shape index (κ3) is 3.40. The number of aryl methyl sites for hydroxylation is 1. The predicted octanol–water partition coefficient (Wildman–Crippen LogP) is 3.64. The number of benzene rings is 1. The minimum absolute atomic E-state index is 0.0686. The van der Waals surface area contributed by atoms with E-state index >= 15 is 0 Å². The second kappa shape index (κ2) is 6.46. The Labute approximate surface area is 140 Å².